The molecule has 0 atom stereocenters. The van der Waals surface area contributed by atoms with Crippen molar-refractivity contribution in [3.8, 4) is 22.6 Å². The van der Waals surface area contributed by atoms with Crippen LogP contribution in [0.3, 0.4) is 0 Å². The number of rotatable bonds is 5. The van der Waals surface area contributed by atoms with E-state index < -0.39 is 0 Å². The van der Waals surface area contributed by atoms with Gasteiger partial charge in [0.2, 0.25) is 5.91 Å². The molecule has 0 bridgehead atoms. The molecule has 0 spiro atoms. The average Bonchev–Trinajstić information content (AvgIpc) is 3.25. The van der Waals surface area contributed by atoms with Crippen LogP contribution in [0.2, 0.25) is 0 Å². The van der Waals surface area contributed by atoms with E-state index in [1.165, 1.54) is 5.56 Å². The summed E-state index contributed by atoms with van der Waals surface area (Å²) in [6.45, 7) is 2.03. The number of aromatic nitrogens is 5. The third kappa shape index (κ3) is 4.09. The fourth-order valence-corrected chi connectivity index (χ4v) is 3.48. The molecule has 0 aliphatic rings. The first-order chi connectivity index (χ1) is 15.7. The normalized spacial score (nSPS) is 10.9. The summed E-state index contributed by atoms with van der Waals surface area (Å²) in [6.07, 6.45) is 3.75. The van der Waals surface area contributed by atoms with Gasteiger partial charge in [-0.2, -0.15) is 9.61 Å². The summed E-state index contributed by atoms with van der Waals surface area (Å²) in [5.41, 5.74) is 6.05. The number of amides is 1. The predicted molar refractivity (Wildman–Crippen MR) is 123 cm³/mol. The maximum Gasteiger partial charge on any atom is 0.228 e. The smallest absolute Gasteiger partial charge is 0.228 e. The number of nitrogens with one attached hydrogen (secondary N) is 1. The number of hydrogen-bond acceptors (Lipinski definition) is 5. The van der Waals surface area contributed by atoms with E-state index in [0.29, 0.717) is 17.9 Å². The van der Waals surface area contributed by atoms with Crippen LogP contribution in [0, 0.1) is 6.92 Å². The molecular formula is C25H20N6O. The summed E-state index contributed by atoms with van der Waals surface area (Å²) in [5, 5.41) is 16.2. The molecule has 7 heteroatoms. The van der Waals surface area contributed by atoms with Crippen molar-refractivity contribution < 1.29 is 4.79 Å². The third-order valence-corrected chi connectivity index (χ3v) is 5.13. The summed E-state index contributed by atoms with van der Waals surface area (Å²) in [4.78, 5) is 16.6. The van der Waals surface area contributed by atoms with Crippen LogP contribution in [0.4, 0.5) is 5.69 Å². The van der Waals surface area contributed by atoms with E-state index in [0.717, 1.165) is 28.1 Å². The van der Waals surface area contributed by atoms with Crippen molar-refractivity contribution in [3.63, 3.8) is 0 Å². The van der Waals surface area contributed by atoms with Crippen LogP contribution in [0.25, 0.3) is 28.3 Å². The number of benzene rings is 2. The number of anilines is 1. The Hall–Kier alpha value is -4.39. The largest absolute Gasteiger partial charge is 0.326 e. The molecule has 7 nitrogen and oxygen atoms in total. The van der Waals surface area contributed by atoms with E-state index in [1.807, 2.05) is 79.7 Å². The number of carbonyl (C=O) groups is 1. The Labute approximate surface area is 184 Å². The van der Waals surface area contributed by atoms with Crippen molar-refractivity contribution in [3.05, 3.63) is 96.3 Å². The van der Waals surface area contributed by atoms with Crippen molar-refractivity contribution in [2.24, 2.45) is 0 Å². The van der Waals surface area contributed by atoms with Gasteiger partial charge in [-0.1, -0.05) is 42.0 Å². The van der Waals surface area contributed by atoms with Gasteiger partial charge in [0.15, 0.2) is 11.5 Å². The molecule has 2 aromatic carbocycles. The molecule has 3 heterocycles. The van der Waals surface area contributed by atoms with Crippen molar-refractivity contribution >= 4 is 17.2 Å². The van der Waals surface area contributed by atoms with Gasteiger partial charge in [-0.3, -0.25) is 9.78 Å². The van der Waals surface area contributed by atoms with E-state index >= 15 is 0 Å². The van der Waals surface area contributed by atoms with E-state index in [2.05, 4.69) is 20.5 Å². The Morgan fingerprint density at radius 3 is 2.53 bits per heavy atom. The zero-order valence-electron chi connectivity index (χ0n) is 17.4. The number of aryl methyl sites for hydroxylation is 1. The molecule has 0 radical (unpaired) electrons. The predicted octanol–water partition coefficient (Wildman–Crippen LogP) is 4.34. The fourth-order valence-electron chi connectivity index (χ4n) is 3.48. The van der Waals surface area contributed by atoms with Gasteiger partial charge in [0.05, 0.1) is 12.1 Å². The van der Waals surface area contributed by atoms with Crippen LogP contribution in [-0.2, 0) is 11.2 Å². The summed E-state index contributed by atoms with van der Waals surface area (Å²) < 4.78 is 1.72. The number of fused-ring (bicyclic) bond motifs is 1. The maximum atomic E-state index is 12.5. The summed E-state index contributed by atoms with van der Waals surface area (Å²) in [6, 6.07) is 23.1. The van der Waals surface area contributed by atoms with Crippen molar-refractivity contribution in [2.45, 2.75) is 13.3 Å². The first-order valence-electron chi connectivity index (χ1n) is 10.2. The molecule has 156 valence electrons. The Kier molecular flexibility index (Phi) is 5.13. The van der Waals surface area contributed by atoms with Crippen LogP contribution in [0.15, 0.2) is 85.2 Å². The molecule has 32 heavy (non-hydrogen) atoms. The van der Waals surface area contributed by atoms with Gasteiger partial charge in [0.25, 0.3) is 0 Å². The molecule has 0 aliphatic carbocycles. The Morgan fingerprint density at radius 1 is 0.906 bits per heavy atom. The monoisotopic (exact) mass is 420 g/mol. The second-order valence-electron chi connectivity index (χ2n) is 7.54. The lowest BCUT2D eigenvalue weighted by Gasteiger charge is -2.08. The second-order valence-corrected chi connectivity index (χ2v) is 7.54. The molecule has 0 saturated carbocycles. The summed E-state index contributed by atoms with van der Waals surface area (Å²) >= 11 is 0. The quantitative estimate of drug-likeness (QED) is 0.457. The van der Waals surface area contributed by atoms with E-state index in [-0.39, 0.29) is 5.91 Å². The summed E-state index contributed by atoms with van der Waals surface area (Å²) in [5.74, 6) is 0.583. The van der Waals surface area contributed by atoms with Crippen LogP contribution in [0.1, 0.15) is 11.1 Å². The molecule has 5 aromatic rings. The highest BCUT2D eigenvalue weighted by Crippen LogP contribution is 2.23. The minimum absolute atomic E-state index is 0.0619. The molecule has 0 fully saturated rings. The summed E-state index contributed by atoms with van der Waals surface area (Å²) in [7, 11) is 0. The second kappa shape index (κ2) is 8.39. The standard InChI is InChI=1S/C25H20N6O/c1-17-5-7-18(8-6-17)15-24(32)27-21-4-2-3-20(16-21)22-9-10-23-28-29-25(31(23)30-22)19-11-13-26-14-12-19/h2-14,16H,15H2,1H3,(H,27,32). The number of nitrogens with zero attached hydrogens (tertiary/aromatic N) is 5. The third-order valence-electron chi connectivity index (χ3n) is 5.13. The van der Waals surface area contributed by atoms with E-state index in [9.17, 15) is 4.79 Å². The van der Waals surface area contributed by atoms with E-state index in [4.69, 9.17) is 5.10 Å². The van der Waals surface area contributed by atoms with Gasteiger partial charge < -0.3 is 5.32 Å². The van der Waals surface area contributed by atoms with Crippen molar-refractivity contribution in [2.75, 3.05) is 5.32 Å². The minimum Gasteiger partial charge on any atom is -0.326 e. The van der Waals surface area contributed by atoms with Gasteiger partial charge in [0.1, 0.15) is 0 Å². The lowest BCUT2D eigenvalue weighted by molar-refractivity contribution is -0.115. The van der Waals surface area contributed by atoms with Gasteiger partial charge in [-0.05, 0) is 48.9 Å². The Balaban J connectivity index is 1.40. The first-order valence-corrected chi connectivity index (χ1v) is 10.2. The average molecular weight is 420 g/mol. The van der Waals surface area contributed by atoms with Gasteiger partial charge in [-0.15, -0.1) is 10.2 Å². The van der Waals surface area contributed by atoms with Crippen molar-refractivity contribution in [1.82, 2.24) is 24.8 Å². The SMILES string of the molecule is Cc1ccc(CC(=O)Nc2cccc(-c3ccc4nnc(-c5ccncc5)n4n3)c2)cc1. The van der Waals surface area contributed by atoms with E-state index in [1.54, 1.807) is 16.9 Å². The lowest BCUT2D eigenvalue weighted by Crippen LogP contribution is -2.14. The van der Waals surface area contributed by atoms with Crippen molar-refractivity contribution in [1.29, 1.82) is 0 Å². The molecule has 3 aromatic heterocycles. The molecule has 0 unspecified atom stereocenters. The van der Waals surface area contributed by atoms with Gasteiger partial charge in [0, 0.05) is 29.2 Å². The minimum atomic E-state index is -0.0619. The van der Waals surface area contributed by atoms with Crippen LogP contribution < -0.4 is 5.32 Å². The van der Waals surface area contributed by atoms with Gasteiger partial charge >= 0.3 is 0 Å². The zero-order chi connectivity index (χ0) is 21.9. The molecule has 0 aliphatic heterocycles. The fraction of sp³-hybridized carbons (Fsp3) is 0.0800. The zero-order valence-corrected chi connectivity index (χ0v) is 17.4. The van der Waals surface area contributed by atoms with Crippen LogP contribution in [0.5, 0.6) is 0 Å². The number of carbonyl (C=O) groups excluding carboxylic acids is 1. The highest BCUT2D eigenvalue weighted by atomic mass is 16.1. The Morgan fingerprint density at radius 2 is 1.72 bits per heavy atom. The lowest BCUT2D eigenvalue weighted by atomic mass is 10.1. The number of pyridine rings is 1. The molecule has 1 N–H and O–H groups in total. The molecular weight excluding hydrogens is 400 g/mol. The number of hydrogen-bond donors (Lipinski definition) is 1. The molecule has 0 saturated heterocycles. The molecule has 5 rings (SSSR count). The van der Waals surface area contributed by atoms with Gasteiger partial charge in [-0.25, -0.2) is 0 Å². The van der Waals surface area contributed by atoms with Crippen LogP contribution in [-0.4, -0.2) is 30.7 Å². The maximum absolute atomic E-state index is 12.5. The Bertz CT molecular complexity index is 1390. The highest BCUT2D eigenvalue weighted by Gasteiger charge is 2.11. The molecule has 1 amide bonds. The highest BCUT2D eigenvalue weighted by molar-refractivity contribution is 5.92. The first kappa shape index (κ1) is 19.6. The van der Waals surface area contributed by atoms with Crippen LogP contribution >= 0.6 is 0 Å². The topological polar surface area (TPSA) is 85.1 Å².